The normalized spacial score (nSPS) is 23.7. The van der Waals surface area contributed by atoms with Crippen molar-refractivity contribution < 1.29 is 22.3 Å². The van der Waals surface area contributed by atoms with Crippen LogP contribution in [0.15, 0.2) is 65.8 Å². The molecule has 3 atom stereocenters. The van der Waals surface area contributed by atoms with Gasteiger partial charge in [0.25, 0.3) is 0 Å². The Balaban J connectivity index is 1.07. The van der Waals surface area contributed by atoms with Crippen LogP contribution < -0.4 is 4.90 Å². The molecule has 4 aliphatic rings. The molecule has 2 saturated heterocycles. The van der Waals surface area contributed by atoms with Gasteiger partial charge in [-0.3, -0.25) is 4.79 Å². The molecular weight excluding hydrogens is 640 g/mol. The fraction of sp³-hybridized carbons (Fsp3) is 0.590. The van der Waals surface area contributed by atoms with Gasteiger partial charge < -0.3 is 19.1 Å². The summed E-state index contributed by atoms with van der Waals surface area (Å²) in [5.74, 6) is 1.56. The van der Waals surface area contributed by atoms with Crippen molar-refractivity contribution in [2.45, 2.75) is 99.8 Å². The number of carbonyl (C=O) groups excluding carboxylic acids is 1. The molecule has 0 spiro atoms. The van der Waals surface area contributed by atoms with Crippen LogP contribution >= 0.6 is 0 Å². The smallest absolute Gasteiger partial charge is 0.305 e. The van der Waals surface area contributed by atoms with Gasteiger partial charge in [-0.15, -0.1) is 0 Å². The lowest BCUT2D eigenvalue weighted by atomic mass is 9.58. The predicted molar refractivity (Wildman–Crippen MR) is 189 cm³/mol. The molecule has 49 heavy (non-hydrogen) atoms. The number of rotatable bonds is 13. The molecule has 0 amide bonds. The molecule has 3 heterocycles. The van der Waals surface area contributed by atoms with E-state index in [1.807, 2.05) is 31.3 Å². The molecular formula is C39H51FN4O4S. The van der Waals surface area contributed by atoms with Crippen molar-refractivity contribution in [2.75, 3.05) is 37.6 Å². The first-order valence-corrected chi connectivity index (χ1v) is 20.0. The van der Waals surface area contributed by atoms with E-state index in [-0.39, 0.29) is 35.0 Å². The lowest BCUT2D eigenvalue weighted by Gasteiger charge is -2.51. The van der Waals surface area contributed by atoms with Crippen LogP contribution in [0.1, 0.15) is 76.6 Å². The number of hydrogen-bond donors (Lipinski definition) is 0. The number of benzene rings is 2. The number of carbonyl (C=O) groups is 1. The van der Waals surface area contributed by atoms with Gasteiger partial charge in [0.05, 0.1) is 10.1 Å². The topological polar surface area (TPSA) is 84.7 Å². The van der Waals surface area contributed by atoms with Crippen LogP contribution in [0.4, 0.5) is 10.1 Å². The SMILES string of the molecule is CCC(=O)O[C@H]1CCC[C@@H]1[C@](Cn1ccnc1CC)(c1cccc(F)c1)C1CCN(CC2CN(c3ccc(S(=O)(=O)C4CC4)cc3)C2)CC1. The summed E-state index contributed by atoms with van der Waals surface area (Å²) in [4.78, 5) is 22.7. The fourth-order valence-electron chi connectivity index (χ4n) is 9.17. The van der Waals surface area contributed by atoms with E-state index >= 15 is 4.39 Å². The maximum absolute atomic E-state index is 15.1. The van der Waals surface area contributed by atoms with Gasteiger partial charge in [0.15, 0.2) is 9.84 Å². The summed E-state index contributed by atoms with van der Waals surface area (Å²) in [6, 6.07) is 14.7. The monoisotopic (exact) mass is 690 g/mol. The average molecular weight is 691 g/mol. The fourth-order valence-corrected chi connectivity index (χ4v) is 10.8. The first-order valence-electron chi connectivity index (χ1n) is 18.5. The zero-order valence-electron chi connectivity index (χ0n) is 29.0. The van der Waals surface area contributed by atoms with Crippen LogP contribution in [-0.4, -0.2) is 72.9 Å². The highest BCUT2D eigenvalue weighted by molar-refractivity contribution is 7.92. The van der Waals surface area contributed by atoms with E-state index in [1.54, 1.807) is 18.2 Å². The molecule has 2 aromatic carbocycles. The van der Waals surface area contributed by atoms with Crippen molar-refractivity contribution in [3.05, 3.63) is 78.1 Å². The number of aromatic nitrogens is 2. The standard InChI is InChI=1S/C39H51FN4O4S/c1-3-37-41-19-22-43(37)27-39(30-7-5-8-31(40)23-30,35-9-6-10-36(35)48-38(45)4-2)29-17-20-42(21-18-29)24-28-25-44(26-28)32-11-13-33(14-12-32)49(46,47)34-15-16-34/h5,7-8,11-14,19,22-23,28-29,34-36H,3-4,6,9-10,15-18,20-21,24-27H2,1-2H3/t35-,36-,39-/m0/s1. The molecule has 3 aromatic rings. The predicted octanol–water partition coefficient (Wildman–Crippen LogP) is 6.43. The highest BCUT2D eigenvalue weighted by Crippen LogP contribution is 2.52. The molecule has 1 aromatic heterocycles. The van der Waals surface area contributed by atoms with E-state index in [0.29, 0.717) is 23.8 Å². The van der Waals surface area contributed by atoms with E-state index < -0.39 is 15.3 Å². The van der Waals surface area contributed by atoms with E-state index in [4.69, 9.17) is 4.74 Å². The Morgan fingerprint density at radius 3 is 2.43 bits per heavy atom. The van der Waals surface area contributed by atoms with Crippen molar-refractivity contribution >= 4 is 21.5 Å². The summed E-state index contributed by atoms with van der Waals surface area (Å²) in [6.45, 7) is 9.58. The summed E-state index contributed by atoms with van der Waals surface area (Å²) < 4.78 is 48.8. The third-order valence-corrected chi connectivity index (χ3v) is 14.2. The Morgan fingerprint density at radius 2 is 1.76 bits per heavy atom. The minimum atomic E-state index is -3.17. The van der Waals surface area contributed by atoms with Gasteiger partial charge in [0, 0.05) is 74.4 Å². The number of aryl methyl sites for hydroxylation is 1. The van der Waals surface area contributed by atoms with E-state index in [2.05, 4.69) is 38.5 Å². The molecule has 0 unspecified atom stereocenters. The summed E-state index contributed by atoms with van der Waals surface area (Å²) in [5.41, 5.74) is 1.68. The number of esters is 1. The van der Waals surface area contributed by atoms with Gasteiger partial charge in [-0.05, 0) is 106 Å². The lowest BCUT2D eigenvalue weighted by Crippen LogP contribution is -2.55. The Hall–Kier alpha value is -3.24. The van der Waals surface area contributed by atoms with Gasteiger partial charge >= 0.3 is 5.97 Å². The molecule has 7 rings (SSSR count). The summed E-state index contributed by atoms with van der Waals surface area (Å²) in [6.07, 6.45) is 11.2. The quantitative estimate of drug-likeness (QED) is 0.191. The van der Waals surface area contributed by atoms with Gasteiger partial charge in [-0.1, -0.05) is 26.0 Å². The van der Waals surface area contributed by atoms with E-state index in [9.17, 15) is 13.2 Å². The van der Waals surface area contributed by atoms with Gasteiger partial charge in [-0.2, -0.15) is 0 Å². The van der Waals surface area contributed by atoms with Crippen LogP contribution in [0.3, 0.4) is 0 Å². The molecule has 10 heteroatoms. The number of piperidine rings is 1. The first-order chi connectivity index (χ1) is 23.7. The molecule has 0 N–H and O–H groups in total. The zero-order chi connectivity index (χ0) is 34.2. The molecule has 264 valence electrons. The third-order valence-electron chi connectivity index (χ3n) is 11.9. The highest BCUT2D eigenvalue weighted by atomic mass is 32.2. The summed E-state index contributed by atoms with van der Waals surface area (Å²) in [7, 11) is -3.17. The Labute approximate surface area is 291 Å². The molecule has 2 aliphatic carbocycles. The van der Waals surface area contributed by atoms with Crippen LogP contribution in [0.5, 0.6) is 0 Å². The van der Waals surface area contributed by atoms with Crippen molar-refractivity contribution in [1.29, 1.82) is 0 Å². The minimum Gasteiger partial charge on any atom is -0.462 e. The molecule has 8 nitrogen and oxygen atoms in total. The molecule has 2 saturated carbocycles. The van der Waals surface area contributed by atoms with Crippen molar-refractivity contribution in [3.63, 3.8) is 0 Å². The van der Waals surface area contributed by atoms with Gasteiger partial charge in [0.2, 0.25) is 0 Å². The van der Waals surface area contributed by atoms with Crippen LogP contribution in [0.25, 0.3) is 0 Å². The number of imidazole rings is 1. The Bertz CT molecular complexity index is 1710. The lowest BCUT2D eigenvalue weighted by molar-refractivity contribution is -0.152. The van der Waals surface area contributed by atoms with E-state index in [1.165, 1.54) is 6.07 Å². The molecule has 0 radical (unpaired) electrons. The number of nitrogens with zero attached hydrogens (tertiary/aromatic N) is 4. The molecule has 4 fully saturated rings. The summed E-state index contributed by atoms with van der Waals surface area (Å²) >= 11 is 0. The average Bonchev–Trinajstić information content (AvgIpc) is 3.72. The maximum atomic E-state index is 15.1. The largest absolute Gasteiger partial charge is 0.462 e. The minimum absolute atomic E-state index is 0.0827. The van der Waals surface area contributed by atoms with Crippen molar-refractivity contribution in [3.8, 4) is 0 Å². The van der Waals surface area contributed by atoms with Gasteiger partial charge in [-0.25, -0.2) is 17.8 Å². The van der Waals surface area contributed by atoms with Crippen molar-refractivity contribution in [2.24, 2.45) is 17.8 Å². The molecule has 2 aliphatic heterocycles. The van der Waals surface area contributed by atoms with E-state index in [0.717, 1.165) is 101 Å². The zero-order valence-corrected chi connectivity index (χ0v) is 29.8. The number of sulfone groups is 1. The number of hydrogen-bond acceptors (Lipinski definition) is 7. The Morgan fingerprint density at radius 1 is 1.00 bits per heavy atom. The number of ether oxygens (including phenoxy) is 1. The van der Waals surface area contributed by atoms with Crippen molar-refractivity contribution in [1.82, 2.24) is 14.5 Å². The Kier molecular flexibility index (Phi) is 9.90. The number of halogens is 1. The second kappa shape index (κ2) is 14.2. The van der Waals surface area contributed by atoms with Gasteiger partial charge in [0.1, 0.15) is 17.7 Å². The second-order valence-corrected chi connectivity index (χ2v) is 17.1. The van der Waals surface area contributed by atoms with Crippen LogP contribution in [0.2, 0.25) is 0 Å². The molecule has 0 bridgehead atoms. The maximum Gasteiger partial charge on any atom is 0.305 e. The number of anilines is 1. The first kappa shape index (κ1) is 34.2. The highest BCUT2D eigenvalue weighted by Gasteiger charge is 2.53. The van der Waals surface area contributed by atoms with Crippen LogP contribution in [-0.2, 0) is 37.7 Å². The van der Waals surface area contributed by atoms with Crippen LogP contribution in [0, 0.1) is 23.6 Å². The number of likely N-dealkylation sites (tertiary alicyclic amines) is 1. The second-order valence-electron chi connectivity index (χ2n) is 14.9. The summed E-state index contributed by atoms with van der Waals surface area (Å²) in [5, 5.41) is -0.187. The third kappa shape index (κ3) is 6.92.